The second-order valence-electron chi connectivity index (χ2n) is 5.00. The Morgan fingerprint density at radius 2 is 2.33 bits per heavy atom. The predicted molar refractivity (Wildman–Crippen MR) is 70.7 cm³/mol. The van der Waals surface area contributed by atoms with Crippen LogP contribution in [0, 0.1) is 0 Å². The molecule has 18 heavy (non-hydrogen) atoms. The number of pyridine rings is 1. The number of ether oxygens (including phenoxy) is 1. The summed E-state index contributed by atoms with van der Waals surface area (Å²) in [5, 5.41) is 9.27. The van der Waals surface area contributed by atoms with E-state index in [4.69, 9.17) is 4.74 Å². The van der Waals surface area contributed by atoms with Gasteiger partial charge in [-0.2, -0.15) is 0 Å². The zero-order chi connectivity index (χ0) is 13.0. The van der Waals surface area contributed by atoms with Gasteiger partial charge in [-0.05, 0) is 31.5 Å². The Morgan fingerprint density at radius 1 is 1.50 bits per heavy atom. The fourth-order valence-electron chi connectivity index (χ4n) is 2.32. The molecule has 2 rings (SSSR count). The third-order valence-electron chi connectivity index (χ3n) is 3.24. The standard InChI is InChI=1S/C14H22N2O2/c1-3-4-12-7-11(10-17)8-14(15-12)18-13-5-6-16(2)9-13/h7-8,13,17H,3-6,9-10H2,1-2H3. The number of hydrogen-bond acceptors (Lipinski definition) is 4. The molecule has 1 aliphatic heterocycles. The fourth-order valence-corrected chi connectivity index (χ4v) is 2.32. The Morgan fingerprint density at radius 3 is 2.94 bits per heavy atom. The SMILES string of the molecule is CCCc1cc(CO)cc(OC2CCN(C)C2)n1. The molecule has 1 aromatic heterocycles. The molecular weight excluding hydrogens is 228 g/mol. The van der Waals surface area contributed by atoms with Crippen molar-refractivity contribution in [3.63, 3.8) is 0 Å². The van der Waals surface area contributed by atoms with Crippen LogP contribution in [0.5, 0.6) is 5.88 Å². The zero-order valence-electron chi connectivity index (χ0n) is 11.2. The molecule has 0 saturated carbocycles. The number of likely N-dealkylation sites (tertiary alicyclic amines) is 1. The summed E-state index contributed by atoms with van der Waals surface area (Å²) < 4.78 is 5.91. The number of aryl methyl sites for hydroxylation is 1. The molecule has 100 valence electrons. The average Bonchev–Trinajstić information content (AvgIpc) is 2.75. The van der Waals surface area contributed by atoms with Crippen molar-refractivity contribution in [2.45, 2.75) is 38.9 Å². The molecule has 1 aliphatic rings. The first-order valence-electron chi connectivity index (χ1n) is 6.67. The largest absolute Gasteiger partial charge is 0.473 e. The predicted octanol–water partition coefficient (Wildman–Crippen LogP) is 1.61. The Balaban J connectivity index is 2.08. The fraction of sp³-hybridized carbons (Fsp3) is 0.643. The molecule has 1 saturated heterocycles. The quantitative estimate of drug-likeness (QED) is 0.862. The van der Waals surface area contributed by atoms with E-state index in [9.17, 15) is 5.11 Å². The van der Waals surface area contributed by atoms with Gasteiger partial charge in [-0.15, -0.1) is 0 Å². The van der Waals surface area contributed by atoms with Crippen LogP contribution < -0.4 is 4.74 Å². The number of aliphatic hydroxyl groups is 1. The first-order valence-corrected chi connectivity index (χ1v) is 6.67. The van der Waals surface area contributed by atoms with E-state index in [1.54, 1.807) is 0 Å². The number of aromatic nitrogens is 1. The van der Waals surface area contributed by atoms with E-state index in [-0.39, 0.29) is 12.7 Å². The molecule has 2 heterocycles. The Labute approximate surface area is 109 Å². The molecule has 0 aliphatic carbocycles. The summed E-state index contributed by atoms with van der Waals surface area (Å²) in [4.78, 5) is 6.77. The molecule has 0 radical (unpaired) electrons. The third kappa shape index (κ3) is 3.43. The van der Waals surface area contributed by atoms with Gasteiger partial charge in [0.25, 0.3) is 0 Å². The first kappa shape index (κ1) is 13.3. The van der Waals surface area contributed by atoms with Gasteiger partial charge in [-0.1, -0.05) is 13.3 Å². The van der Waals surface area contributed by atoms with Gasteiger partial charge in [-0.3, -0.25) is 0 Å². The van der Waals surface area contributed by atoms with Crippen molar-refractivity contribution in [2.24, 2.45) is 0 Å². The van der Waals surface area contributed by atoms with Crippen molar-refractivity contribution >= 4 is 0 Å². The lowest BCUT2D eigenvalue weighted by molar-refractivity contribution is 0.198. The molecule has 1 N–H and O–H groups in total. The smallest absolute Gasteiger partial charge is 0.214 e. The number of likely N-dealkylation sites (N-methyl/N-ethyl adjacent to an activating group) is 1. The van der Waals surface area contributed by atoms with E-state index in [1.807, 2.05) is 12.1 Å². The van der Waals surface area contributed by atoms with Gasteiger partial charge in [-0.25, -0.2) is 4.98 Å². The highest BCUT2D eigenvalue weighted by molar-refractivity contribution is 5.25. The van der Waals surface area contributed by atoms with Crippen molar-refractivity contribution in [1.29, 1.82) is 0 Å². The number of nitrogens with zero attached hydrogens (tertiary/aromatic N) is 2. The molecule has 0 amide bonds. The Hall–Kier alpha value is -1.13. The van der Waals surface area contributed by atoms with Gasteiger partial charge >= 0.3 is 0 Å². The van der Waals surface area contributed by atoms with E-state index in [0.717, 1.165) is 43.6 Å². The summed E-state index contributed by atoms with van der Waals surface area (Å²) in [6.07, 6.45) is 3.25. The van der Waals surface area contributed by atoms with Gasteiger partial charge < -0.3 is 14.7 Å². The van der Waals surface area contributed by atoms with Crippen LogP contribution in [-0.2, 0) is 13.0 Å². The topological polar surface area (TPSA) is 45.6 Å². The Kier molecular flexibility index (Phi) is 4.55. The van der Waals surface area contributed by atoms with E-state index < -0.39 is 0 Å². The monoisotopic (exact) mass is 250 g/mol. The molecule has 0 aromatic carbocycles. The molecule has 4 heteroatoms. The summed E-state index contributed by atoms with van der Waals surface area (Å²) >= 11 is 0. The normalized spacial score (nSPS) is 20.3. The maximum absolute atomic E-state index is 9.27. The van der Waals surface area contributed by atoms with Crippen LogP contribution in [0.15, 0.2) is 12.1 Å². The molecule has 1 atom stereocenters. The van der Waals surface area contributed by atoms with Gasteiger partial charge in [0.2, 0.25) is 5.88 Å². The van der Waals surface area contributed by atoms with Crippen LogP contribution >= 0.6 is 0 Å². The van der Waals surface area contributed by atoms with Crippen LogP contribution in [-0.4, -0.2) is 41.2 Å². The lowest BCUT2D eigenvalue weighted by Crippen LogP contribution is -2.22. The van der Waals surface area contributed by atoms with E-state index in [2.05, 4.69) is 23.9 Å². The first-order chi connectivity index (χ1) is 8.71. The van der Waals surface area contributed by atoms with Crippen LogP contribution in [0.3, 0.4) is 0 Å². The third-order valence-corrected chi connectivity index (χ3v) is 3.24. The average molecular weight is 250 g/mol. The van der Waals surface area contributed by atoms with Crippen molar-refractivity contribution in [2.75, 3.05) is 20.1 Å². The number of aliphatic hydroxyl groups excluding tert-OH is 1. The van der Waals surface area contributed by atoms with E-state index in [1.165, 1.54) is 0 Å². The van der Waals surface area contributed by atoms with Crippen LogP contribution in [0.4, 0.5) is 0 Å². The van der Waals surface area contributed by atoms with Crippen LogP contribution in [0.2, 0.25) is 0 Å². The number of rotatable bonds is 5. The zero-order valence-corrected chi connectivity index (χ0v) is 11.2. The highest BCUT2D eigenvalue weighted by Gasteiger charge is 2.21. The molecule has 4 nitrogen and oxygen atoms in total. The van der Waals surface area contributed by atoms with Crippen molar-refractivity contribution in [1.82, 2.24) is 9.88 Å². The van der Waals surface area contributed by atoms with Crippen LogP contribution in [0.1, 0.15) is 31.0 Å². The van der Waals surface area contributed by atoms with Crippen molar-refractivity contribution < 1.29 is 9.84 Å². The second kappa shape index (κ2) is 6.16. The molecule has 0 bridgehead atoms. The summed E-state index contributed by atoms with van der Waals surface area (Å²) in [6, 6.07) is 3.80. The Bertz CT molecular complexity index is 395. The maximum atomic E-state index is 9.27. The highest BCUT2D eigenvalue weighted by Crippen LogP contribution is 2.19. The molecule has 1 fully saturated rings. The molecule has 0 spiro atoms. The molecular formula is C14H22N2O2. The maximum Gasteiger partial charge on any atom is 0.214 e. The van der Waals surface area contributed by atoms with Gasteiger partial charge in [0.05, 0.1) is 6.61 Å². The van der Waals surface area contributed by atoms with Gasteiger partial charge in [0.1, 0.15) is 6.10 Å². The molecule has 1 unspecified atom stereocenters. The second-order valence-corrected chi connectivity index (χ2v) is 5.00. The van der Waals surface area contributed by atoms with Crippen molar-refractivity contribution in [3.8, 4) is 5.88 Å². The minimum Gasteiger partial charge on any atom is -0.473 e. The highest BCUT2D eigenvalue weighted by atomic mass is 16.5. The number of hydrogen-bond donors (Lipinski definition) is 1. The minimum absolute atomic E-state index is 0.0418. The lowest BCUT2D eigenvalue weighted by atomic mass is 10.2. The van der Waals surface area contributed by atoms with E-state index >= 15 is 0 Å². The minimum atomic E-state index is 0.0418. The van der Waals surface area contributed by atoms with Crippen molar-refractivity contribution in [3.05, 3.63) is 23.4 Å². The van der Waals surface area contributed by atoms with Gasteiger partial charge in [0.15, 0.2) is 0 Å². The molecule has 1 aromatic rings. The summed E-state index contributed by atoms with van der Waals surface area (Å²) in [6.45, 7) is 4.19. The van der Waals surface area contributed by atoms with Gasteiger partial charge in [0, 0.05) is 24.8 Å². The van der Waals surface area contributed by atoms with Crippen LogP contribution in [0.25, 0.3) is 0 Å². The van der Waals surface area contributed by atoms with E-state index in [0.29, 0.717) is 5.88 Å². The lowest BCUT2D eigenvalue weighted by Gasteiger charge is -2.14. The summed E-state index contributed by atoms with van der Waals surface area (Å²) in [5.41, 5.74) is 1.89. The summed E-state index contributed by atoms with van der Waals surface area (Å²) in [7, 11) is 2.10. The summed E-state index contributed by atoms with van der Waals surface area (Å²) in [5.74, 6) is 0.658.